The molecule has 0 atom stereocenters. The number of rotatable bonds is 4. The van der Waals surface area contributed by atoms with Crippen LogP contribution >= 0.6 is 0 Å². The zero-order valence-corrected chi connectivity index (χ0v) is 11.7. The normalized spacial score (nSPS) is 10.6. The number of hydrogen-bond acceptors (Lipinski definition) is 4. The van der Waals surface area contributed by atoms with Crippen molar-refractivity contribution in [2.24, 2.45) is 0 Å². The predicted molar refractivity (Wildman–Crippen MR) is 79.1 cm³/mol. The van der Waals surface area contributed by atoms with Crippen LogP contribution in [-0.2, 0) is 0 Å². The predicted octanol–water partition coefficient (Wildman–Crippen LogP) is 2.83. The van der Waals surface area contributed by atoms with Gasteiger partial charge in [-0.25, -0.2) is 4.98 Å². The summed E-state index contributed by atoms with van der Waals surface area (Å²) in [5.41, 5.74) is 2.66. The molecule has 0 fully saturated rings. The summed E-state index contributed by atoms with van der Waals surface area (Å²) in [5.74, 6) is 1.24. The molecule has 0 radical (unpaired) electrons. The summed E-state index contributed by atoms with van der Waals surface area (Å²) in [4.78, 5) is 16.0. The van der Waals surface area contributed by atoms with Crippen LogP contribution in [0.3, 0.4) is 0 Å². The van der Waals surface area contributed by atoms with E-state index in [0.29, 0.717) is 22.9 Å². The van der Waals surface area contributed by atoms with Crippen LogP contribution in [0.25, 0.3) is 16.9 Å². The van der Waals surface area contributed by atoms with Crippen molar-refractivity contribution in [3.8, 4) is 22.8 Å². The molecule has 0 saturated heterocycles. The maximum absolute atomic E-state index is 11.4. The molecule has 2 aromatic heterocycles. The van der Waals surface area contributed by atoms with Crippen LogP contribution in [0.5, 0.6) is 11.5 Å². The van der Waals surface area contributed by atoms with Gasteiger partial charge < -0.3 is 9.47 Å². The van der Waals surface area contributed by atoms with E-state index >= 15 is 0 Å². The fraction of sp³-hybridized carbons (Fsp3) is 0.125. The quantitative estimate of drug-likeness (QED) is 0.690. The summed E-state index contributed by atoms with van der Waals surface area (Å²) >= 11 is 0. The summed E-state index contributed by atoms with van der Waals surface area (Å²) in [6, 6.07) is 11.1. The number of aldehydes is 1. The first-order valence-corrected chi connectivity index (χ1v) is 6.43. The zero-order chi connectivity index (χ0) is 14.8. The molecule has 21 heavy (non-hydrogen) atoms. The molecule has 0 bridgehead atoms. The zero-order valence-electron chi connectivity index (χ0n) is 11.7. The third-order valence-electron chi connectivity index (χ3n) is 3.34. The van der Waals surface area contributed by atoms with Gasteiger partial charge in [0.15, 0.2) is 17.8 Å². The Kier molecular flexibility index (Phi) is 3.31. The van der Waals surface area contributed by atoms with Gasteiger partial charge in [0.1, 0.15) is 17.0 Å². The van der Waals surface area contributed by atoms with Gasteiger partial charge in [-0.15, -0.1) is 0 Å². The number of carbonyl (C=O) groups excluding carboxylic acids is 1. The summed E-state index contributed by atoms with van der Waals surface area (Å²) in [7, 11) is 3.16. The number of aromatic nitrogens is 2. The van der Waals surface area contributed by atoms with Crippen molar-refractivity contribution in [1.82, 2.24) is 9.38 Å². The van der Waals surface area contributed by atoms with E-state index < -0.39 is 0 Å². The van der Waals surface area contributed by atoms with Crippen molar-refractivity contribution in [3.05, 3.63) is 48.3 Å². The minimum Gasteiger partial charge on any atom is -0.493 e. The number of pyridine rings is 1. The summed E-state index contributed by atoms with van der Waals surface area (Å²) < 4.78 is 12.3. The molecule has 3 rings (SSSR count). The molecule has 5 heteroatoms. The summed E-state index contributed by atoms with van der Waals surface area (Å²) in [6.45, 7) is 0. The maximum atomic E-state index is 11.4. The monoisotopic (exact) mass is 282 g/mol. The number of ether oxygens (including phenoxy) is 2. The molecule has 0 aliphatic carbocycles. The summed E-state index contributed by atoms with van der Waals surface area (Å²) in [5, 5.41) is 0. The molecule has 0 spiro atoms. The van der Waals surface area contributed by atoms with Crippen LogP contribution < -0.4 is 9.47 Å². The van der Waals surface area contributed by atoms with Crippen LogP contribution in [-0.4, -0.2) is 29.9 Å². The number of hydrogen-bond donors (Lipinski definition) is 0. The van der Waals surface area contributed by atoms with Gasteiger partial charge in [0.25, 0.3) is 0 Å². The Balaban J connectivity index is 2.22. The Bertz CT molecular complexity index is 808. The summed E-state index contributed by atoms with van der Waals surface area (Å²) in [6.07, 6.45) is 2.63. The average Bonchev–Trinajstić information content (AvgIpc) is 2.92. The molecule has 1 aromatic carbocycles. The smallest absolute Gasteiger partial charge is 0.169 e. The Morgan fingerprint density at radius 1 is 1.10 bits per heavy atom. The average molecular weight is 282 g/mol. The molecule has 0 unspecified atom stereocenters. The molecule has 5 nitrogen and oxygen atoms in total. The lowest BCUT2D eigenvalue weighted by atomic mass is 10.1. The van der Waals surface area contributed by atoms with Gasteiger partial charge in [-0.1, -0.05) is 6.07 Å². The van der Waals surface area contributed by atoms with E-state index in [0.717, 1.165) is 17.5 Å². The van der Waals surface area contributed by atoms with E-state index in [-0.39, 0.29) is 0 Å². The fourth-order valence-corrected chi connectivity index (χ4v) is 2.32. The van der Waals surface area contributed by atoms with Crippen LogP contribution in [0.15, 0.2) is 42.6 Å². The SMILES string of the molecule is COc1ccc(-c2nc3ccccn3c2C=O)cc1OC. The van der Waals surface area contributed by atoms with Gasteiger partial charge in [-0.3, -0.25) is 9.20 Å². The number of fused-ring (bicyclic) bond motifs is 1. The second-order valence-corrected chi connectivity index (χ2v) is 4.46. The van der Waals surface area contributed by atoms with E-state index in [2.05, 4.69) is 4.98 Å². The van der Waals surface area contributed by atoms with Crippen molar-refractivity contribution < 1.29 is 14.3 Å². The van der Waals surface area contributed by atoms with Crippen molar-refractivity contribution in [1.29, 1.82) is 0 Å². The Morgan fingerprint density at radius 2 is 1.90 bits per heavy atom. The van der Waals surface area contributed by atoms with Crippen molar-refractivity contribution in [2.75, 3.05) is 14.2 Å². The highest BCUT2D eigenvalue weighted by Gasteiger charge is 2.15. The van der Waals surface area contributed by atoms with Gasteiger partial charge >= 0.3 is 0 Å². The third kappa shape index (κ3) is 2.12. The number of carbonyl (C=O) groups is 1. The van der Waals surface area contributed by atoms with Crippen LogP contribution in [0.1, 0.15) is 10.5 Å². The Morgan fingerprint density at radius 3 is 2.62 bits per heavy atom. The third-order valence-corrected chi connectivity index (χ3v) is 3.34. The molecule has 0 aliphatic rings. The lowest BCUT2D eigenvalue weighted by Crippen LogP contribution is -1.93. The minimum absolute atomic E-state index is 0.512. The van der Waals surface area contributed by atoms with E-state index in [1.165, 1.54) is 0 Å². The van der Waals surface area contributed by atoms with Gasteiger partial charge in [0.2, 0.25) is 0 Å². The Labute approximate surface area is 121 Å². The van der Waals surface area contributed by atoms with Crippen molar-refractivity contribution >= 4 is 11.9 Å². The molecular weight excluding hydrogens is 268 g/mol. The van der Waals surface area contributed by atoms with E-state index in [1.807, 2.05) is 36.5 Å². The minimum atomic E-state index is 0.512. The molecule has 3 aromatic rings. The second kappa shape index (κ2) is 5.28. The number of benzene rings is 1. The molecule has 0 N–H and O–H groups in total. The van der Waals surface area contributed by atoms with E-state index in [4.69, 9.17) is 9.47 Å². The highest BCUT2D eigenvalue weighted by atomic mass is 16.5. The topological polar surface area (TPSA) is 52.8 Å². The number of imidazole rings is 1. The lowest BCUT2D eigenvalue weighted by molar-refractivity contribution is 0.111. The molecular formula is C16H14N2O3. The second-order valence-electron chi connectivity index (χ2n) is 4.46. The molecule has 106 valence electrons. The highest BCUT2D eigenvalue weighted by molar-refractivity contribution is 5.86. The molecule has 2 heterocycles. The lowest BCUT2D eigenvalue weighted by Gasteiger charge is -2.08. The molecule has 0 saturated carbocycles. The van der Waals surface area contributed by atoms with Crippen LogP contribution in [0.4, 0.5) is 0 Å². The van der Waals surface area contributed by atoms with Gasteiger partial charge in [0.05, 0.1) is 14.2 Å². The van der Waals surface area contributed by atoms with Crippen molar-refractivity contribution in [3.63, 3.8) is 0 Å². The Hall–Kier alpha value is -2.82. The fourth-order valence-electron chi connectivity index (χ4n) is 2.32. The van der Waals surface area contributed by atoms with Gasteiger partial charge in [-0.2, -0.15) is 0 Å². The van der Waals surface area contributed by atoms with E-state index in [9.17, 15) is 4.79 Å². The highest BCUT2D eigenvalue weighted by Crippen LogP contribution is 2.33. The number of methoxy groups -OCH3 is 2. The maximum Gasteiger partial charge on any atom is 0.169 e. The standard InChI is InChI=1S/C16H14N2O3/c1-20-13-7-6-11(9-14(13)21-2)16-12(10-19)18-8-4-3-5-15(18)17-16/h3-10H,1-2H3. The first-order chi connectivity index (χ1) is 10.3. The van der Waals surface area contributed by atoms with E-state index in [1.54, 1.807) is 24.7 Å². The first-order valence-electron chi connectivity index (χ1n) is 6.43. The van der Waals surface area contributed by atoms with Crippen LogP contribution in [0.2, 0.25) is 0 Å². The van der Waals surface area contributed by atoms with Gasteiger partial charge in [0, 0.05) is 11.8 Å². The first kappa shape index (κ1) is 13.2. The van der Waals surface area contributed by atoms with Crippen LogP contribution in [0, 0.1) is 0 Å². The number of nitrogens with zero attached hydrogens (tertiary/aromatic N) is 2. The molecule has 0 aliphatic heterocycles. The van der Waals surface area contributed by atoms with Crippen molar-refractivity contribution in [2.45, 2.75) is 0 Å². The van der Waals surface area contributed by atoms with Gasteiger partial charge in [-0.05, 0) is 30.3 Å². The largest absolute Gasteiger partial charge is 0.493 e. The molecule has 0 amide bonds.